The summed E-state index contributed by atoms with van der Waals surface area (Å²) < 4.78 is 6.55. The molecule has 156 valence electrons. The van der Waals surface area contributed by atoms with E-state index in [0.29, 0.717) is 5.92 Å². The van der Waals surface area contributed by atoms with E-state index in [4.69, 9.17) is 4.74 Å². The van der Waals surface area contributed by atoms with Crippen LogP contribution < -0.4 is 9.64 Å². The third-order valence-electron chi connectivity index (χ3n) is 5.51. The van der Waals surface area contributed by atoms with Gasteiger partial charge < -0.3 is 9.84 Å². The van der Waals surface area contributed by atoms with Crippen LogP contribution in [0.3, 0.4) is 0 Å². The van der Waals surface area contributed by atoms with Crippen molar-refractivity contribution >= 4 is 17.9 Å². The number of carboxylic acid groups (broad SMARTS) is 1. The van der Waals surface area contributed by atoms with E-state index in [0.717, 1.165) is 36.9 Å². The molecule has 1 aliphatic rings. The topological polar surface area (TPSA) is 84.7 Å². The molecule has 1 amide bonds. The quantitative estimate of drug-likeness (QED) is 0.730. The maximum absolute atomic E-state index is 13.3. The van der Waals surface area contributed by atoms with Crippen molar-refractivity contribution in [3.8, 4) is 11.4 Å². The number of anilines is 1. The second-order valence-electron chi connectivity index (χ2n) is 8.22. The summed E-state index contributed by atoms with van der Waals surface area (Å²) in [5.74, 6) is 0.848. The Kier molecular flexibility index (Phi) is 6.25. The van der Waals surface area contributed by atoms with Gasteiger partial charge in [-0.2, -0.15) is 0 Å². The molecule has 1 saturated carbocycles. The molecule has 2 aromatic rings. The maximum atomic E-state index is 13.3. The molecule has 1 heterocycles. The normalized spacial score (nSPS) is 19.2. The van der Waals surface area contributed by atoms with Crippen LogP contribution in [-0.2, 0) is 4.79 Å². The number of aromatic nitrogens is 2. The summed E-state index contributed by atoms with van der Waals surface area (Å²) in [4.78, 5) is 26.2. The maximum Gasteiger partial charge on any atom is 0.511 e. The van der Waals surface area contributed by atoms with Gasteiger partial charge in [0.05, 0.1) is 11.9 Å². The third kappa shape index (κ3) is 4.78. The number of amides is 1. The Morgan fingerprint density at radius 1 is 1.17 bits per heavy atom. The molecule has 0 radical (unpaired) electrons. The van der Waals surface area contributed by atoms with Crippen molar-refractivity contribution in [3.63, 3.8) is 0 Å². The monoisotopic (exact) mass is 399 g/mol. The second-order valence-corrected chi connectivity index (χ2v) is 8.22. The Morgan fingerprint density at radius 3 is 2.34 bits per heavy atom. The lowest BCUT2D eigenvalue weighted by molar-refractivity contribution is -0.124. The van der Waals surface area contributed by atoms with E-state index >= 15 is 0 Å². The van der Waals surface area contributed by atoms with Gasteiger partial charge >= 0.3 is 6.16 Å². The van der Waals surface area contributed by atoms with Crippen LogP contribution in [0, 0.1) is 18.8 Å². The van der Waals surface area contributed by atoms with Gasteiger partial charge in [-0.05, 0) is 64.5 Å². The molecule has 0 spiro atoms. The lowest BCUT2D eigenvalue weighted by Gasteiger charge is -2.32. The number of carbonyl (C=O) groups excluding carboxylic acids is 1. The van der Waals surface area contributed by atoms with Crippen molar-refractivity contribution in [3.05, 3.63) is 36.0 Å². The van der Waals surface area contributed by atoms with Gasteiger partial charge in [0.2, 0.25) is 11.7 Å². The fourth-order valence-electron chi connectivity index (χ4n) is 3.82. The highest BCUT2D eigenvalue weighted by molar-refractivity contribution is 5.96. The summed E-state index contributed by atoms with van der Waals surface area (Å²) in [6.07, 6.45) is 3.82. The van der Waals surface area contributed by atoms with Gasteiger partial charge in [-0.15, -0.1) is 5.10 Å². The number of benzene rings is 1. The predicted molar refractivity (Wildman–Crippen MR) is 111 cm³/mol. The molecule has 1 aliphatic carbocycles. The van der Waals surface area contributed by atoms with Crippen LogP contribution in [0.1, 0.15) is 52.0 Å². The van der Waals surface area contributed by atoms with Crippen LogP contribution in [-0.4, -0.2) is 33.0 Å². The van der Waals surface area contributed by atoms with Crippen LogP contribution >= 0.6 is 0 Å². The highest BCUT2D eigenvalue weighted by Gasteiger charge is 2.33. The highest BCUT2D eigenvalue weighted by Crippen LogP contribution is 2.35. The van der Waals surface area contributed by atoms with Gasteiger partial charge in [0.25, 0.3) is 0 Å². The first-order valence-corrected chi connectivity index (χ1v) is 10.2. The fraction of sp³-hybridized carbons (Fsp3) is 0.500. The average molecular weight is 399 g/mol. The SMILES string of the molecule is Cc1ccc(-n2cc(OC(=O)O)c(N(C(=O)[C@H]3CC[C@H](C)CC3)C(C)C)n2)cc1. The number of hydrogen-bond acceptors (Lipinski definition) is 4. The zero-order valence-corrected chi connectivity index (χ0v) is 17.5. The molecular weight excluding hydrogens is 370 g/mol. The standard InChI is InChI=1S/C22H29N3O4/c1-14(2)25(21(26)17-9-5-15(3)6-10-17)20-19(29-22(27)28)13-24(23-20)18-11-7-16(4)8-12-18/h7-8,11-15,17H,5-6,9-10H2,1-4H3,(H,27,28)/t15-,17-. The van der Waals surface area contributed by atoms with E-state index in [1.165, 1.54) is 6.20 Å². The van der Waals surface area contributed by atoms with E-state index in [1.54, 1.807) is 9.58 Å². The van der Waals surface area contributed by atoms with Crippen LogP contribution in [0.15, 0.2) is 30.5 Å². The van der Waals surface area contributed by atoms with Gasteiger partial charge in [-0.3, -0.25) is 9.69 Å². The van der Waals surface area contributed by atoms with Crippen molar-refractivity contribution in [1.29, 1.82) is 0 Å². The van der Waals surface area contributed by atoms with Crippen molar-refractivity contribution in [2.24, 2.45) is 11.8 Å². The molecule has 0 aliphatic heterocycles. The smallest absolute Gasteiger partial charge is 0.449 e. The highest BCUT2D eigenvalue weighted by atomic mass is 16.7. The summed E-state index contributed by atoms with van der Waals surface area (Å²) in [6, 6.07) is 7.49. The Bertz CT molecular complexity index is 865. The number of rotatable bonds is 5. The first-order valence-electron chi connectivity index (χ1n) is 10.2. The molecule has 3 rings (SSSR count). The van der Waals surface area contributed by atoms with Gasteiger partial charge in [0, 0.05) is 12.0 Å². The number of ether oxygens (including phenoxy) is 1. The Labute approximate surface area is 171 Å². The summed E-state index contributed by atoms with van der Waals surface area (Å²) in [6.45, 7) is 8.00. The molecule has 29 heavy (non-hydrogen) atoms. The molecule has 0 atom stereocenters. The fourth-order valence-corrected chi connectivity index (χ4v) is 3.82. The Morgan fingerprint density at radius 2 is 1.79 bits per heavy atom. The summed E-state index contributed by atoms with van der Waals surface area (Å²) >= 11 is 0. The van der Waals surface area contributed by atoms with Gasteiger partial charge in [-0.25, -0.2) is 9.48 Å². The van der Waals surface area contributed by atoms with E-state index in [-0.39, 0.29) is 29.4 Å². The van der Waals surface area contributed by atoms with Crippen LogP contribution in [0.25, 0.3) is 5.69 Å². The van der Waals surface area contributed by atoms with Gasteiger partial charge in [-0.1, -0.05) is 24.6 Å². The van der Waals surface area contributed by atoms with Gasteiger partial charge in [0.15, 0.2) is 5.75 Å². The van der Waals surface area contributed by atoms with Crippen molar-refractivity contribution in [2.75, 3.05) is 4.90 Å². The molecule has 0 bridgehead atoms. The van der Waals surface area contributed by atoms with Crippen LogP contribution in [0.5, 0.6) is 5.75 Å². The van der Waals surface area contributed by atoms with E-state index in [9.17, 15) is 14.7 Å². The predicted octanol–water partition coefficient (Wildman–Crippen LogP) is 4.81. The van der Waals surface area contributed by atoms with Crippen molar-refractivity contribution in [2.45, 2.75) is 59.4 Å². The second kappa shape index (κ2) is 8.68. The van der Waals surface area contributed by atoms with Gasteiger partial charge in [0.1, 0.15) is 0 Å². The lowest BCUT2D eigenvalue weighted by Crippen LogP contribution is -2.42. The first-order chi connectivity index (χ1) is 13.8. The van der Waals surface area contributed by atoms with E-state index < -0.39 is 6.16 Å². The third-order valence-corrected chi connectivity index (χ3v) is 5.51. The number of carbonyl (C=O) groups is 2. The molecule has 7 nitrogen and oxygen atoms in total. The average Bonchev–Trinajstić information content (AvgIpc) is 3.05. The van der Waals surface area contributed by atoms with Crippen molar-refractivity contribution in [1.82, 2.24) is 9.78 Å². The lowest BCUT2D eigenvalue weighted by atomic mass is 9.82. The minimum atomic E-state index is -1.43. The molecule has 1 fully saturated rings. The molecule has 1 N–H and O–H groups in total. The minimum Gasteiger partial charge on any atom is -0.449 e. The zero-order chi connectivity index (χ0) is 21.1. The van der Waals surface area contributed by atoms with E-state index in [1.807, 2.05) is 45.0 Å². The largest absolute Gasteiger partial charge is 0.511 e. The summed E-state index contributed by atoms with van der Waals surface area (Å²) in [5, 5.41) is 13.7. The molecule has 1 aromatic heterocycles. The minimum absolute atomic E-state index is 0.0173. The first kappa shape index (κ1) is 20.9. The number of nitrogens with zero attached hydrogens (tertiary/aromatic N) is 3. The van der Waals surface area contributed by atoms with Crippen molar-refractivity contribution < 1.29 is 19.4 Å². The van der Waals surface area contributed by atoms with Crippen LogP contribution in [0.2, 0.25) is 0 Å². The Balaban J connectivity index is 1.98. The summed E-state index contributed by atoms with van der Waals surface area (Å²) in [7, 11) is 0. The zero-order valence-electron chi connectivity index (χ0n) is 17.5. The Hall–Kier alpha value is -2.83. The van der Waals surface area contributed by atoms with Crippen LogP contribution in [0.4, 0.5) is 10.6 Å². The number of hydrogen-bond donors (Lipinski definition) is 1. The molecule has 1 aromatic carbocycles. The molecule has 7 heteroatoms. The number of aryl methyl sites for hydroxylation is 1. The van der Waals surface area contributed by atoms with E-state index in [2.05, 4.69) is 12.0 Å². The summed E-state index contributed by atoms with van der Waals surface area (Å²) in [5.41, 5.74) is 1.87. The molecule has 0 unspecified atom stereocenters. The molecule has 0 saturated heterocycles. The molecular formula is C22H29N3O4.